The Hall–Kier alpha value is -4.01. The van der Waals surface area contributed by atoms with Crippen molar-refractivity contribution in [2.75, 3.05) is 31.4 Å². The molecule has 0 saturated carbocycles. The first-order valence-corrected chi connectivity index (χ1v) is 11.0. The fraction of sp³-hybridized carbons (Fsp3) is 0.320. The van der Waals surface area contributed by atoms with Crippen LogP contribution in [0.25, 0.3) is 0 Å². The summed E-state index contributed by atoms with van der Waals surface area (Å²) in [6.07, 6.45) is 0.612. The molecular weight excluding hydrogens is 436 g/mol. The number of aromatic nitrogens is 2. The molecular formula is C25H30N4O5. The number of amides is 1. The third-order valence-electron chi connectivity index (χ3n) is 5.48. The van der Waals surface area contributed by atoms with Crippen molar-refractivity contribution >= 4 is 17.4 Å². The van der Waals surface area contributed by atoms with E-state index in [2.05, 4.69) is 4.98 Å². The van der Waals surface area contributed by atoms with Crippen LogP contribution < -0.4 is 31.4 Å². The molecule has 0 aliphatic heterocycles. The van der Waals surface area contributed by atoms with E-state index in [1.165, 1.54) is 23.7 Å². The van der Waals surface area contributed by atoms with Crippen LogP contribution in [0.2, 0.25) is 0 Å². The van der Waals surface area contributed by atoms with Crippen molar-refractivity contribution in [3.05, 3.63) is 80.5 Å². The lowest BCUT2D eigenvalue weighted by atomic mass is 10.1. The highest BCUT2D eigenvalue weighted by atomic mass is 16.5. The van der Waals surface area contributed by atoms with Crippen molar-refractivity contribution in [3.8, 4) is 11.5 Å². The smallest absolute Gasteiger partial charge is 0.330 e. The number of aromatic amines is 1. The number of nitrogens with one attached hydrogen (secondary N) is 1. The number of methoxy groups -OCH3 is 2. The first kappa shape index (κ1) is 24.6. The third-order valence-corrected chi connectivity index (χ3v) is 5.48. The number of rotatable bonds is 9. The first-order valence-electron chi connectivity index (χ1n) is 11.0. The van der Waals surface area contributed by atoms with Crippen LogP contribution in [-0.2, 0) is 6.54 Å². The maximum Gasteiger partial charge on any atom is 0.330 e. The predicted octanol–water partition coefficient (Wildman–Crippen LogP) is 2.88. The molecule has 2 aromatic carbocycles. The summed E-state index contributed by atoms with van der Waals surface area (Å²) >= 11 is 0. The standard InChI is InChI=1S/C25H30N4O5/c1-16(2)12-13-28(24(31)19-11-10-18(33-3)14-20(19)34-4)21-22(26)29(25(32)27-23(21)30)15-17-8-6-5-7-9-17/h5-11,14,16H,12-13,15,26H2,1-4H3,(H,27,30,32). The van der Waals surface area contributed by atoms with E-state index in [1.54, 1.807) is 18.2 Å². The number of nitrogens with two attached hydrogens (primary N) is 1. The van der Waals surface area contributed by atoms with Gasteiger partial charge in [0.15, 0.2) is 5.69 Å². The van der Waals surface area contributed by atoms with Gasteiger partial charge in [-0.3, -0.25) is 19.1 Å². The zero-order valence-electron chi connectivity index (χ0n) is 19.8. The van der Waals surface area contributed by atoms with Gasteiger partial charge in [0.05, 0.1) is 26.3 Å². The van der Waals surface area contributed by atoms with E-state index >= 15 is 0 Å². The van der Waals surface area contributed by atoms with E-state index < -0.39 is 17.2 Å². The van der Waals surface area contributed by atoms with Crippen molar-refractivity contribution in [3.63, 3.8) is 0 Å². The summed E-state index contributed by atoms with van der Waals surface area (Å²) in [5, 5.41) is 0. The average Bonchev–Trinajstić information content (AvgIpc) is 2.83. The highest BCUT2D eigenvalue weighted by molar-refractivity contribution is 6.09. The van der Waals surface area contributed by atoms with Gasteiger partial charge in [-0.1, -0.05) is 44.2 Å². The molecule has 1 amide bonds. The van der Waals surface area contributed by atoms with Crippen molar-refractivity contribution in [1.29, 1.82) is 0 Å². The topological polar surface area (TPSA) is 120 Å². The molecule has 0 aliphatic rings. The maximum absolute atomic E-state index is 13.7. The Bertz CT molecular complexity index is 1260. The molecule has 34 heavy (non-hydrogen) atoms. The zero-order chi connectivity index (χ0) is 24.8. The number of hydrogen-bond donors (Lipinski definition) is 2. The highest BCUT2D eigenvalue weighted by Gasteiger charge is 2.27. The monoisotopic (exact) mass is 466 g/mol. The zero-order valence-corrected chi connectivity index (χ0v) is 19.8. The SMILES string of the molecule is COc1ccc(C(=O)N(CCC(C)C)c2c(N)n(Cc3ccccc3)c(=O)[nH]c2=O)c(OC)c1. The van der Waals surface area contributed by atoms with Crippen LogP contribution in [0.3, 0.4) is 0 Å². The second-order valence-electron chi connectivity index (χ2n) is 8.27. The van der Waals surface area contributed by atoms with Crippen LogP contribution in [-0.4, -0.2) is 36.2 Å². The highest BCUT2D eigenvalue weighted by Crippen LogP contribution is 2.28. The number of benzene rings is 2. The largest absolute Gasteiger partial charge is 0.497 e. The van der Waals surface area contributed by atoms with Gasteiger partial charge in [0.25, 0.3) is 11.5 Å². The summed E-state index contributed by atoms with van der Waals surface area (Å²) in [5.74, 6) is 0.524. The van der Waals surface area contributed by atoms with Crippen LogP contribution >= 0.6 is 0 Å². The fourth-order valence-corrected chi connectivity index (χ4v) is 3.58. The van der Waals surface area contributed by atoms with Gasteiger partial charge in [-0.05, 0) is 30.0 Å². The van der Waals surface area contributed by atoms with E-state index in [9.17, 15) is 14.4 Å². The molecule has 0 spiro atoms. The molecule has 3 rings (SSSR count). The molecule has 3 aromatic rings. The van der Waals surface area contributed by atoms with Crippen LogP contribution in [0, 0.1) is 5.92 Å². The number of carbonyl (C=O) groups excluding carboxylic acids is 1. The van der Waals surface area contributed by atoms with Gasteiger partial charge in [-0.15, -0.1) is 0 Å². The predicted molar refractivity (Wildman–Crippen MR) is 132 cm³/mol. The molecule has 180 valence electrons. The second-order valence-corrected chi connectivity index (χ2v) is 8.27. The minimum Gasteiger partial charge on any atom is -0.497 e. The number of ether oxygens (including phenoxy) is 2. The van der Waals surface area contributed by atoms with Gasteiger partial charge < -0.3 is 20.1 Å². The van der Waals surface area contributed by atoms with Gasteiger partial charge >= 0.3 is 5.69 Å². The van der Waals surface area contributed by atoms with Crippen LogP contribution in [0.4, 0.5) is 11.5 Å². The third kappa shape index (κ3) is 5.31. The van der Waals surface area contributed by atoms with Crippen molar-refractivity contribution in [1.82, 2.24) is 9.55 Å². The van der Waals surface area contributed by atoms with Crippen molar-refractivity contribution in [2.45, 2.75) is 26.8 Å². The lowest BCUT2D eigenvalue weighted by molar-refractivity contribution is 0.0982. The van der Waals surface area contributed by atoms with Crippen molar-refractivity contribution in [2.24, 2.45) is 5.92 Å². The van der Waals surface area contributed by atoms with Gasteiger partial charge in [-0.2, -0.15) is 0 Å². The summed E-state index contributed by atoms with van der Waals surface area (Å²) in [6, 6.07) is 14.1. The van der Waals surface area contributed by atoms with E-state index in [0.717, 1.165) is 5.56 Å². The number of anilines is 2. The number of carbonyl (C=O) groups is 1. The summed E-state index contributed by atoms with van der Waals surface area (Å²) < 4.78 is 11.9. The van der Waals surface area contributed by atoms with Gasteiger partial charge in [0.2, 0.25) is 0 Å². The fourth-order valence-electron chi connectivity index (χ4n) is 3.58. The molecule has 0 saturated heterocycles. The summed E-state index contributed by atoms with van der Waals surface area (Å²) in [5.41, 5.74) is 6.00. The van der Waals surface area contributed by atoms with E-state index in [1.807, 2.05) is 44.2 Å². The summed E-state index contributed by atoms with van der Waals surface area (Å²) in [6.45, 7) is 4.40. The van der Waals surface area contributed by atoms with Crippen LogP contribution in [0.1, 0.15) is 36.2 Å². The molecule has 0 radical (unpaired) electrons. The Morgan fingerprint density at radius 1 is 1.09 bits per heavy atom. The van der Waals surface area contributed by atoms with Crippen molar-refractivity contribution < 1.29 is 14.3 Å². The molecule has 0 aliphatic carbocycles. The second kappa shape index (κ2) is 10.7. The lowest BCUT2D eigenvalue weighted by Gasteiger charge is -2.26. The molecule has 0 fully saturated rings. The van der Waals surface area contributed by atoms with Gasteiger partial charge in [0.1, 0.15) is 17.3 Å². The summed E-state index contributed by atoms with van der Waals surface area (Å²) in [7, 11) is 2.96. The van der Waals surface area contributed by atoms with E-state index in [0.29, 0.717) is 17.9 Å². The summed E-state index contributed by atoms with van der Waals surface area (Å²) in [4.78, 5) is 42.9. The van der Waals surface area contributed by atoms with Crippen LogP contribution in [0.15, 0.2) is 58.1 Å². The molecule has 1 aromatic heterocycles. The Labute approximate surface area is 197 Å². The molecule has 0 atom stereocenters. The molecule has 9 heteroatoms. The quantitative estimate of drug-likeness (QED) is 0.500. The van der Waals surface area contributed by atoms with E-state index in [-0.39, 0.29) is 36.1 Å². The maximum atomic E-state index is 13.7. The number of H-pyrrole nitrogens is 1. The number of nitrogen functional groups attached to an aromatic ring is 1. The normalized spacial score (nSPS) is 10.9. The van der Waals surface area contributed by atoms with Gasteiger partial charge in [0, 0.05) is 12.6 Å². The Balaban J connectivity index is 2.14. The molecule has 1 heterocycles. The molecule has 0 bridgehead atoms. The Morgan fingerprint density at radius 3 is 2.41 bits per heavy atom. The van der Waals surface area contributed by atoms with Gasteiger partial charge in [-0.25, -0.2) is 4.79 Å². The Kier molecular flexibility index (Phi) is 7.78. The molecule has 3 N–H and O–H groups in total. The number of nitrogens with zero attached hydrogens (tertiary/aromatic N) is 2. The molecule has 9 nitrogen and oxygen atoms in total. The minimum atomic E-state index is -0.726. The average molecular weight is 467 g/mol. The molecule has 0 unspecified atom stereocenters. The first-order chi connectivity index (χ1) is 16.3. The Morgan fingerprint density at radius 2 is 1.79 bits per heavy atom. The minimum absolute atomic E-state index is 0.0703. The van der Waals surface area contributed by atoms with E-state index in [4.69, 9.17) is 15.2 Å². The number of hydrogen-bond acceptors (Lipinski definition) is 6. The lowest BCUT2D eigenvalue weighted by Crippen LogP contribution is -2.42. The van der Waals surface area contributed by atoms with Crippen LogP contribution in [0.5, 0.6) is 11.5 Å².